The standard InChI is InChI=1S/C55H38BrN/c56-54-24-14-13-23-51(54)55(45-29-33-48(34-30-45)57(46-21-11-4-12-22-46)47-31-25-42(26-32-47)39-15-5-1-6-16-39)52-37-43(40-17-7-2-8-18-40)27-35-49(52)50-36-28-44(38-53(50)55)41-19-9-3-10-20-41/h1-38H. The fraction of sp³-hybridized carbons (Fsp3) is 0.0182. The van der Waals surface area contributed by atoms with Crippen molar-refractivity contribution in [1.29, 1.82) is 0 Å². The Balaban J connectivity index is 1.19. The molecule has 0 unspecified atom stereocenters. The summed E-state index contributed by atoms with van der Waals surface area (Å²) in [4.78, 5) is 2.35. The maximum Gasteiger partial charge on any atom is 0.0724 e. The Morgan fingerprint density at radius 2 is 0.667 bits per heavy atom. The van der Waals surface area contributed by atoms with E-state index in [0.717, 1.165) is 21.5 Å². The van der Waals surface area contributed by atoms with Gasteiger partial charge in [0.25, 0.3) is 0 Å². The van der Waals surface area contributed by atoms with Crippen LogP contribution in [0.1, 0.15) is 22.3 Å². The molecule has 270 valence electrons. The molecule has 0 saturated carbocycles. The van der Waals surface area contributed by atoms with Crippen LogP contribution < -0.4 is 4.90 Å². The molecular weight excluding hydrogens is 755 g/mol. The summed E-state index contributed by atoms with van der Waals surface area (Å²) in [5.74, 6) is 0. The normalized spacial score (nSPS) is 12.4. The molecule has 9 aromatic carbocycles. The number of hydrogen-bond donors (Lipinski definition) is 0. The zero-order chi connectivity index (χ0) is 38.2. The fourth-order valence-electron chi connectivity index (χ4n) is 8.78. The first kappa shape index (κ1) is 34.7. The lowest BCUT2D eigenvalue weighted by Crippen LogP contribution is -2.29. The van der Waals surface area contributed by atoms with Crippen molar-refractivity contribution in [2.45, 2.75) is 5.41 Å². The van der Waals surface area contributed by atoms with Crippen LogP contribution in [0.4, 0.5) is 17.1 Å². The Hall–Kier alpha value is -6.74. The van der Waals surface area contributed by atoms with E-state index in [1.165, 1.54) is 66.8 Å². The van der Waals surface area contributed by atoms with E-state index in [9.17, 15) is 0 Å². The van der Waals surface area contributed by atoms with Crippen molar-refractivity contribution in [3.63, 3.8) is 0 Å². The van der Waals surface area contributed by atoms with Crippen LogP contribution in [0.2, 0.25) is 0 Å². The summed E-state index contributed by atoms with van der Waals surface area (Å²) in [6.07, 6.45) is 0. The molecule has 0 spiro atoms. The third kappa shape index (κ3) is 6.10. The molecule has 0 amide bonds. The second kappa shape index (κ2) is 14.7. The van der Waals surface area contributed by atoms with E-state index in [1.54, 1.807) is 0 Å². The molecule has 0 fully saturated rings. The predicted octanol–water partition coefficient (Wildman–Crippen LogP) is 15.3. The number of rotatable bonds is 8. The topological polar surface area (TPSA) is 3.24 Å². The second-order valence-corrected chi connectivity index (χ2v) is 15.5. The average Bonchev–Trinajstić information content (AvgIpc) is 3.58. The van der Waals surface area contributed by atoms with Gasteiger partial charge in [-0.2, -0.15) is 0 Å². The minimum atomic E-state index is -0.617. The summed E-state index contributed by atoms with van der Waals surface area (Å²) in [7, 11) is 0. The van der Waals surface area contributed by atoms with Crippen LogP contribution in [0.15, 0.2) is 235 Å². The second-order valence-electron chi connectivity index (χ2n) is 14.6. The third-order valence-electron chi connectivity index (χ3n) is 11.4. The molecule has 0 bridgehead atoms. The van der Waals surface area contributed by atoms with Gasteiger partial charge in [-0.3, -0.25) is 0 Å². The van der Waals surface area contributed by atoms with Crippen molar-refractivity contribution < 1.29 is 0 Å². The molecule has 0 aliphatic heterocycles. The molecule has 0 saturated heterocycles. The van der Waals surface area contributed by atoms with Crippen LogP contribution >= 0.6 is 15.9 Å². The number of anilines is 3. The average molecular weight is 793 g/mol. The van der Waals surface area contributed by atoms with Crippen LogP contribution in [0, 0.1) is 0 Å². The summed E-state index contributed by atoms with van der Waals surface area (Å²) in [5, 5.41) is 0. The number of halogens is 1. The van der Waals surface area contributed by atoms with E-state index in [-0.39, 0.29) is 0 Å². The van der Waals surface area contributed by atoms with Gasteiger partial charge in [0, 0.05) is 21.5 Å². The number of nitrogens with zero attached hydrogens (tertiary/aromatic N) is 1. The van der Waals surface area contributed by atoms with Gasteiger partial charge in [0.2, 0.25) is 0 Å². The van der Waals surface area contributed by atoms with Gasteiger partial charge in [0.05, 0.1) is 5.41 Å². The molecule has 10 rings (SSSR count). The first-order chi connectivity index (χ1) is 28.2. The lowest BCUT2D eigenvalue weighted by atomic mass is 9.67. The molecule has 1 aliphatic rings. The smallest absolute Gasteiger partial charge is 0.0724 e. The Labute approximate surface area is 343 Å². The van der Waals surface area contributed by atoms with Crippen molar-refractivity contribution in [3.05, 3.63) is 257 Å². The first-order valence-corrected chi connectivity index (χ1v) is 20.2. The number of para-hydroxylation sites is 1. The maximum atomic E-state index is 4.08. The van der Waals surface area contributed by atoms with Crippen LogP contribution in [-0.2, 0) is 5.41 Å². The number of hydrogen-bond acceptors (Lipinski definition) is 1. The molecule has 0 radical (unpaired) electrons. The Morgan fingerprint density at radius 3 is 1.16 bits per heavy atom. The minimum absolute atomic E-state index is 0.617. The highest BCUT2D eigenvalue weighted by atomic mass is 79.9. The summed E-state index contributed by atoms with van der Waals surface area (Å²) in [6.45, 7) is 0. The van der Waals surface area contributed by atoms with Crippen LogP contribution in [0.3, 0.4) is 0 Å². The van der Waals surface area contributed by atoms with E-state index in [2.05, 4.69) is 251 Å². The number of fused-ring (bicyclic) bond motifs is 3. The van der Waals surface area contributed by atoms with Crippen molar-refractivity contribution in [2.24, 2.45) is 0 Å². The molecule has 1 aliphatic carbocycles. The molecular formula is C55H38BrN. The van der Waals surface area contributed by atoms with Gasteiger partial charge >= 0.3 is 0 Å². The van der Waals surface area contributed by atoms with Gasteiger partial charge in [0.15, 0.2) is 0 Å². The highest BCUT2D eigenvalue weighted by Crippen LogP contribution is 2.59. The quantitative estimate of drug-likeness (QED) is 0.148. The molecule has 57 heavy (non-hydrogen) atoms. The van der Waals surface area contributed by atoms with Crippen molar-refractivity contribution in [3.8, 4) is 44.5 Å². The predicted molar refractivity (Wildman–Crippen MR) is 242 cm³/mol. The Kier molecular flexibility index (Phi) is 8.97. The monoisotopic (exact) mass is 791 g/mol. The van der Waals surface area contributed by atoms with E-state index in [0.29, 0.717) is 0 Å². The molecule has 0 heterocycles. The zero-order valence-electron chi connectivity index (χ0n) is 31.3. The molecule has 2 heteroatoms. The van der Waals surface area contributed by atoms with Gasteiger partial charge in [-0.05, 0) is 121 Å². The summed E-state index contributed by atoms with van der Waals surface area (Å²) in [6, 6.07) is 83.8. The molecule has 9 aromatic rings. The van der Waals surface area contributed by atoms with Gasteiger partial charge < -0.3 is 4.90 Å². The third-order valence-corrected chi connectivity index (χ3v) is 12.1. The molecule has 0 N–H and O–H groups in total. The lowest BCUT2D eigenvalue weighted by Gasteiger charge is -2.35. The van der Waals surface area contributed by atoms with E-state index in [1.807, 2.05) is 0 Å². The summed E-state index contributed by atoms with van der Waals surface area (Å²) in [5.41, 5.74) is 17.4. The van der Waals surface area contributed by atoms with Crippen molar-refractivity contribution in [2.75, 3.05) is 4.90 Å². The fourth-order valence-corrected chi connectivity index (χ4v) is 9.37. The van der Waals surface area contributed by atoms with Crippen LogP contribution in [0.25, 0.3) is 44.5 Å². The van der Waals surface area contributed by atoms with Gasteiger partial charge in [-0.15, -0.1) is 0 Å². The van der Waals surface area contributed by atoms with Crippen molar-refractivity contribution >= 4 is 33.0 Å². The summed E-state index contributed by atoms with van der Waals surface area (Å²) >= 11 is 4.08. The maximum absolute atomic E-state index is 4.08. The SMILES string of the molecule is Brc1ccccc1C1(c2ccc(N(c3ccccc3)c3ccc(-c4ccccc4)cc3)cc2)c2cc(-c3ccccc3)ccc2-c2ccc(-c3ccccc3)cc21. The highest BCUT2D eigenvalue weighted by molar-refractivity contribution is 9.10. The lowest BCUT2D eigenvalue weighted by molar-refractivity contribution is 0.764. The Bertz CT molecular complexity index is 2730. The van der Waals surface area contributed by atoms with Gasteiger partial charge in [-0.25, -0.2) is 0 Å². The minimum Gasteiger partial charge on any atom is -0.311 e. The van der Waals surface area contributed by atoms with Gasteiger partial charge in [-0.1, -0.05) is 192 Å². The van der Waals surface area contributed by atoms with Crippen LogP contribution in [-0.4, -0.2) is 0 Å². The zero-order valence-corrected chi connectivity index (χ0v) is 32.9. The largest absolute Gasteiger partial charge is 0.311 e. The van der Waals surface area contributed by atoms with E-state index >= 15 is 0 Å². The highest BCUT2D eigenvalue weighted by Gasteiger charge is 2.47. The molecule has 1 nitrogen and oxygen atoms in total. The Morgan fingerprint density at radius 1 is 0.298 bits per heavy atom. The van der Waals surface area contributed by atoms with E-state index in [4.69, 9.17) is 0 Å². The number of benzene rings is 9. The van der Waals surface area contributed by atoms with Gasteiger partial charge in [0.1, 0.15) is 0 Å². The summed E-state index contributed by atoms with van der Waals surface area (Å²) < 4.78 is 1.08. The molecule has 0 atom stereocenters. The van der Waals surface area contributed by atoms with Crippen LogP contribution in [0.5, 0.6) is 0 Å². The van der Waals surface area contributed by atoms with E-state index < -0.39 is 5.41 Å². The molecule has 0 aromatic heterocycles. The van der Waals surface area contributed by atoms with Crippen molar-refractivity contribution in [1.82, 2.24) is 0 Å². The first-order valence-electron chi connectivity index (χ1n) is 19.4.